The molecule has 2 aromatic heterocycles. The van der Waals surface area contributed by atoms with Gasteiger partial charge in [-0.1, -0.05) is 30.3 Å². The highest BCUT2D eigenvalue weighted by molar-refractivity contribution is 5.84. The molecule has 2 heterocycles. The molecule has 136 valence electrons. The molecule has 0 saturated carbocycles. The van der Waals surface area contributed by atoms with Gasteiger partial charge in [-0.25, -0.2) is 9.67 Å². The first-order valence-corrected chi connectivity index (χ1v) is 8.64. The van der Waals surface area contributed by atoms with Gasteiger partial charge in [0.05, 0.1) is 23.5 Å². The van der Waals surface area contributed by atoms with Gasteiger partial charge in [0.25, 0.3) is 0 Å². The summed E-state index contributed by atoms with van der Waals surface area (Å²) in [5, 5.41) is 5.81. The molecule has 6 nitrogen and oxygen atoms in total. The first-order valence-electron chi connectivity index (χ1n) is 8.64. The summed E-state index contributed by atoms with van der Waals surface area (Å²) in [5.41, 5.74) is 9.67. The van der Waals surface area contributed by atoms with Crippen LogP contribution in [0.2, 0.25) is 0 Å². The second-order valence-electron chi connectivity index (χ2n) is 6.18. The Morgan fingerprint density at radius 1 is 1.00 bits per heavy atom. The van der Waals surface area contributed by atoms with Crippen molar-refractivity contribution in [3.8, 4) is 11.4 Å². The molecule has 0 aliphatic rings. The zero-order valence-corrected chi connectivity index (χ0v) is 15.0. The van der Waals surface area contributed by atoms with Crippen LogP contribution in [0.15, 0.2) is 66.9 Å². The molecule has 0 atom stereocenters. The summed E-state index contributed by atoms with van der Waals surface area (Å²) in [6.07, 6.45) is 1.63. The monoisotopic (exact) mass is 360 g/mol. The van der Waals surface area contributed by atoms with Gasteiger partial charge in [0.15, 0.2) is 0 Å². The van der Waals surface area contributed by atoms with Crippen molar-refractivity contribution < 1.29 is 9.47 Å². The van der Waals surface area contributed by atoms with Crippen molar-refractivity contribution in [2.45, 2.75) is 13.2 Å². The number of para-hydroxylation sites is 1. The maximum Gasteiger partial charge on any atom is 0.126 e. The highest BCUT2D eigenvalue weighted by atomic mass is 16.5. The normalized spacial score (nSPS) is 11.0. The Hall–Kier alpha value is -3.38. The van der Waals surface area contributed by atoms with Crippen LogP contribution in [-0.2, 0) is 18.0 Å². The second kappa shape index (κ2) is 7.47. The van der Waals surface area contributed by atoms with E-state index in [1.807, 2.05) is 41.1 Å². The number of fused-ring (bicyclic) bond motifs is 1. The molecule has 2 aromatic carbocycles. The summed E-state index contributed by atoms with van der Waals surface area (Å²) >= 11 is 0. The van der Waals surface area contributed by atoms with E-state index in [1.54, 1.807) is 25.4 Å². The van der Waals surface area contributed by atoms with Crippen LogP contribution in [-0.4, -0.2) is 21.9 Å². The molecule has 4 rings (SSSR count). The zero-order valence-electron chi connectivity index (χ0n) is 15.0. The van der Waals surface area contributed by atoms with Gasteiger partial charge in [-0.2, -0.15) is 5.10 Å². The minimum absolute atomic E-state index is 0.430. The van der Waals surface area contributed by atoms with E-state index in [2.05, 4.69) is 17.1 Å². The minimum atomic E-state index is 0.430. The quantitative estimate of drug-likeness (QED) is 0.567. The number of benzene rings is 2. The molecule has 0 amide bonds. The number of anilines is 1. The van der Waals surface area contributed by atoms with Crippen molar-refractivity contribution in [2.24, 2.45) is 0 Å². The molecule has 0 bridgehead atoms. The topological polar surface area (TPSA) is 75.2 Å². The van der Waals surface area contributed by atoms with Gasteiger partial charge in [0.2, 0.25) is 0 Å². The fourth-order valence-corrected chi connectivity index (χ4v) is 3.01. The smallest absolute Gasteiger partial charge is 0.126 e. The average Bonchev–Trinajstić information content (AvgIpc) is 3.05. The van der Waals surface area contributed by atoms with Crippen LogP contribution in [0.3, 0.4) is 0 Å². The number of nitrogens with zero attached hydrogens (tertiary/aromatic N) is 3. The van der Waals surface area contributed by atoms with Gasteiger partial charge >= 0.3 is 0 Å². The second-order valence-corrected chi connectivity index (χ2v) is 6.18. The highest BCUT2D eigenvalue weighted by Crippen LogP contribution is 2.25. The van der Waals surface area contributed by atoms with Crippen molar-refractivity contribution in [3.05, 3.63) is 78.1 Å². The predicted octanol–water partition coefficient (Wildman–Crippen LogP) is 3.73. The zero-order chi connectivity index (χ0) is 18.6. The molecular weight excluding hydrogens is 340 g/mol. The van der Waals surface area contributed by atoms with Gasteiger partial charge in [-0.05, 0) is 29.8 Å². The largest absolute Gasteiger partial charge is 0.489 e. The fraction of sp³-hybridized carbons (Fsp3) is 0.143. The summed E-state index contributed by atoms with van der Waals surface area (Å²) in [4.78, 5) is 3.98. The first kappa shape index (κ1) is 17.1. The Morgan fingerprint density at radius 2 is 1.85 bits per heavy atom. The van der Waals surface area contributed by atoms with Crippen LogP contribution in [0, 0.1) is 0 Å². The maximum atomic E-state index is 5.85. The van der Waals surface area contributed by atoms with Crippen molar-refractivity contribution >= 4 is 16.7 Å². The Bertz CT molecular complexity index is 1060. The van der Waals surface area contributed by atoms with Crippen LogP contribution < -0.4 is 10.5 Å². The summed E-state index contributed by atoms with van der Waals surface area (Å²) in [6, 6.07) is 19.8. The van der Waals surface area contributed by atoms with E-state index in [-0.39, 0.29) is 0 Å². The van der Waals surface area contributed by atoms with Crippen LogP contribution in [0.25, 0.3) is 16.6 Å². The average molecular weight is 360 g/mol. The SMILES string of the molecule is COCc1nn(-c2ccccc2)c2cc(COc3ccnc(N)c3)ccc12. The van der Waals surface area contributed by atoms with E-state index >= 15 is 0 Å². The highest BCUT2D eigenvalue weighted by Gasteiger charge is 2.12. The summed E-state index contributed by atoms with van der Waals surface area (Å²) in [5.74, 6) is 1.13. The number of aromatic nitrogens is 3. The third-order valence-corrected chi connectivity index (χ3v) is 4.26. The summed E-state index contributed by atoms with van der Waals surface area (Å²) in [7, 11) is 1.68. The van der Waals surface area contributed by atoms with Crippen molar-refractivity contribution in [1.29, 1.82) is 0 Å². The molecule has 27 heavy (non-hydrogen) atoms. The summed E-state index contributed by atoms with van der Waals surface area (Å²) < 4.78 is 13.1. The lowest BCUT2D eigenvalue weighted by Crippen LogP contribution is -1.99. The van der Waals surface area contributed by atoms with E-state index in [4.69, 9.17) is 20.3 Å². The van der Waals surface area contributed by atoms with Gasteiger partial charge in [-0.15, -0.1) is 0 Å². The number of hydrogen-bond acceptors (Lipinski definition) is 5. The van der Waals surface area contributed by atoms with Crippen molar-refractivity contribution in [2.75, 3.05) is 12.8 Å². The van der Waals surface area contributed by atoms with E-state index in [0.29, 0.717) is 24.8 Å². The number of hydrogen-bond donors (Lipinski definition) is 1. The Kier molecular flexibility index (Phi) is 4.72. The van der Waals surface area contributed by atoms with Crippen molar-refractivity contribution in [1.82, 2.24) is 14.8 Å². The number of pyridine rings is 1. The molecule has 0 spiro atoms. The molecule has 0 unspecified atom stereocenters. The lowest BCUT2D eigenvalue weighted by atomic mass is 10.1. The summed E-state index contributed by atoms with van der Waals surface area (Å²) in [6.45, 7) is 0.890. The number of nitrogen functional groups attached to an aromatic ring is 1. The van der Waals surface area contributed by atoms with E-state index < -0.39 is 0 Å². The van der Waals surface area contributed by atoms with Crippen LogP contribution in [0.5, 0.6) is 5.75 Å². The molecular formula is C21H20N4O2. The Balaban J connectivity index is 1.69. The van der Waals surface area contributed by atoms with Gasteiger partial charge in [0, 0.05) is 24.8 Å². The third-order valence-electron chi connectivity index (χ3n) is 4.26. The van der Waals surface area contributed by atoms with Crippen LogP contribution in [0.4, 0.5) is 5.82 Å². The third kappa shape index (κ3) is 3.61. The number of ether oxygens (including phenoxy) is 2. The molecule has 0 radical (unpaired) electrons. The lowest BCUT2D eigenvalue weighted by molar-refractivity contribution is 0.182. The molecule has 0 fully saturated rings. The molecule has 2 N–H and O–H groups in total. The van der Waals surface area contributed by atoms with Gasteiger partial charge < -0.3 is 15.2 Å². The molecule has 6 heteroatoms. The standard InChI is InChI=1S/C21H20N4O2/c1-26-14-19-18-8-7-15(13-27-17-9-10-23-21(22)12-17)11-20(18)25(24-19)16-5-3-2-4-6-16/h2-12H,13-14H2,1H3,(H2,22,23). The predicted molar refractivity (Wildman–Crippen MR) is 105 cm³/mol. The maximum absolute atomic E-state index is 5.85. The number of methoxy groups -OCH3 is 1. The fourth-order valence-electron chi connectivity index (χ4n) is 3.01. The van der Waals surface area contributed by atoms with Gasteiger partial charge in [-0.3, -0.25) is 0 Å². The Labute approximate surface area is 157 Å². The first-order chi connectivity index (χ1) is 13.2. The van der Waals surface area contributed by atoms with Crippen LogP contribution in [0.1, 0.15) is 11.3 Å². The van der Waals surface area contributed by atoms with E-state index in [9.17, 15) is 0 Å². The number of rotatable bonds is 6. The van der Waals surface area contributed by atoms with E-state index in [0.717, 1.165) is 27.8 Å². The molecule has 0 saturated heterocycles. The lowest BCUT2D eigenvalue weighted by Gasteiger charge is -2.08. The van der Waals surface area contributed by atoms with Crippen molar-refractivity contribution in [3.63, 3.8) is 0 Å². The number of nitrogens with two attached hydrogens (primary N) is 1. The molecule has 0 aliphatic carbocycles. The Morgan fingerprint density at radius 3 is 2.63 bits per heavy atom. The minimum Gasteiger partial charge on any atom is -0.489 e. The molecule has 4 aromatic rings. The molecule has 0 aliphatic heterocycles. The van der Waals surface area contributed by atoms with Gasteiger partial charge in [0.1, 0.15) is 18.2 Å². The van der Waals surface area contributed by atoms with E-state index in [1.165, 1.54) is 0 Å². The van der Waals surface area contributed by atoms with Crippen LogP contribution >= 0.6 is 0 Å².